The van der Waals surface area contributed by atoms with Crippen LogP contribution in [0.4, 0.5) is 0 Å². The average molecular weight is 374 g/mol. The van der Waals surface area contributed by atoms with Crippen molar-refractivity contribution < 1.29 is 0 Å². The van der Waals surface area contributed by atoms with E-state index in [2.05, 4.69) is 36.2 Å². The van der Waals surface area contributed by atoms with Crippen molar-refractivity contribution in [2.75, 3.05) is 26.2 Å². The van der Waals surface area contributed by atoms with Crippen LogP contribution in [0.25, 0.3) is 0 Å². The zero-order chi connectivity index (χ0) is 13.8. The van der Waals surface area contributed by atoms with Gasteiger partial charge in [0.15, 0.2) is 0 Å². The molecule has 0 amide bonds. The number of hydrogen-bond donors (Lipinski definition) is 1. The Labute approximate surface area is 150 Å². The summed E-state index contributed by atoms with van der Waals surface area (Å²) in [5.41, 5.74) is 1.24. The first-order valence-corrected chi connectivity index (χ1v) is 7.78. The number of benzene rings is 1. The summed E-state index contributed by atoms with van der Waals surface area (Å²) in [5.74, 6) is 0.590. The fraction of sp³-hybridized carbons (Fsp3) is 0.600. The van der Waals surface area contributed by atoms with Gasteiger partial charge >= 0.3 is 0 Å². The Morgan fingerprint density at radius 2 is 1.62 bits per heavy atom. The largest absolute Gasteiger partial charge is 0.314 e. The molecule has 2 atom stereocenters. The van der Waals surface area contributed by atoms with Crippen LogP contribution >= 0.6 is 48.0 Å². The molecular weight excluding hydrogens is 350 g/mol. The van der Waals surface area contributed by atoms with E-state index in [0.29, 0.717) is 12.0 Å². The van der Waals surface area contributed by atoms with Gasteiger partial charge in [0.2, 0.25) is 0 Å². The summed E-state index contributed by atoms with van der Waals surface area (Å²) in [6.07, 6.45) is 1.15. The van der Waals surface area contributed by atoms with Crippen molar-refractivity contribution in [3.63, 3.8) is 0 Å². The summed E-state index contributed by atoms with van der Waals surface area (Å²) in [5, 5.41) is 4.86. The van der Waals surface area contributed by atoms with Gasteiger partial charge in [-0.25, -0.2) is 0 Å². The molecule has 2 rings (SSSR count). The SMILES string of the molecule is CCC(C)[C@@H](c1cc(Cl)cc(Cl)c1)N1CCNCC1.Cl.Cl. The molecular formula is C15H24Cl4N2. The molecule has 122 valence electrons. The van der Waals surface area contributed by atoms with Gasteiger partial charge in [0.1, 0.15) is 0 Å². The fourth-order valence-electron chi connectivity index (χ4n) is 2.83. The molecule has 1 aliphatic rings. The lowest BCUT2D eigenvalue weighted by Gasteiger charge is -2.38. The zero-order valence-electron chi connectivity index (χ0n) is 12.4. The monoisotopic (exact) mass is 372 g/mol. The molecule has 1 saturated heterocycles. The predicted molar refractivity (Wildman–Crippen MR) is 97.6 cm³/mol. The van der Waals surface area contributed by atoms with Crippen LogP contribution in [0, 0.1) is 5.92 Å². The van der Waals surface area contributed by atoms with Crippen molar-refractivity contribution in [2.45, 2.75) is 26.3 Å². The number of halogens is 4. The molecule has 1 fully saturated rings. The van der Waals surface area contributed by atoms with Crippen molar-refractivity contribution in [1.29, 1.82) is 0 Å². The van der Waals surface area contributed by atoms with Crippen molar-refractivity contribution in [3.8, 4) is 0 Å². The van der Waals surface area contributed by atoms with Gasteiger partial charge in [-0.05, 0) is 29.7 Å². The maximum atomic E-state index is 6.17. The fourth-order valence-corrected chi connectivity index (χ4v) is 3.37. The Hall–Kier alpha value is 0.300. The third kappa shape index (κ3) is 5.78. The molecule has 0 aliphatic carbocycles. The highest BCUT2D eigenvalue weighted by Crippen LogP contribution is 2.34. The quantitative estimate of drug-likeness (QED) is 0.812. The van der Waals surface area contributed by atoms with Crippen molar-refractivity contribution >= 4 is 48.0 Å². The molecule has 1 N–H and O–H groups in total. The third-order valence-electron chi connectivity index (χ3n) is 3.95. The Kier molecular flexibility index (Phi) is 10.3. The molecule has 21 heavy (non-hydrogen) atoms. The van der Waals surface area contributed by atoms with Crippen LogP contribution in [-0.4, -0.2) is 31.1 Å². The molecule has 0 bridgehead atoms. The lowest BCUT2D eigenvalue weighted by molar-refractivity contribution is 0.128. The van der Waals surface area contributed by atoms with Crippen LogP contribution in [0.15, 0.2) is 18.2 Å². The number of nitrogens with zero attached hydrogens (tertiary/aromatic N) is 1. The van der Waals surface area contributed by atoms with E-state index in [4.69, 9.17) is 23.2 Å². The second-order valence-electron chi connectivity index (χ2n) is 5.32. The van der Waals surface area contributed by atoms with Gasteiger partial charge in [-0.3, -0.25) is 4.90 Å². The van der Waals surface area contributed by atoms with Gasteiger partial charge in [0.25, 0.3) is 0 Å². The summed E-state index contributed by atoms with van der Waals surface area (Å²) >= 11 is 12.3. The summed E-state index contributed by atoms with van der Waals surface area (Å²) in [4.78, 5) is 2.55. The molecule has 1 aromatic rings. The molecule has 0 radical (unpaired) electrons. The van der Waals surface area contributed by atoms with E-state index in [1.807, 2.05) is 0 Å². The minimum atomic E-state index is 0. The lowest BCUT2D eigenvalue weighted by Crippen LogP contribution is -2.46. The summed E-state index contributed by atoms with van der Waals surface area (Å²) in [6.45, 7) is 8.83. The van der Waals surface area contributed by atoms with Crippen LogP contribution in [0.5, 0.6) is 0 Å². The van der Waals surface area contributed by atoms with Crippen LogP contribution < -0.4 is 5.32 Å². The Morgan fingerprint density at radius 3 is 2.10 bits per heavy atom. The van der Waals surface area contributed by atoms with E-state index >= 15 is 0 Å². The maximum absolute atomic E-state index is 6.17. The summed E-state index contributed by atoms with van der Waals surface area (Å²) in [6, 6.07) is 6.33. The second kappa shape index (κ2) is 10.1. The summed E-state index contributed by atoms with van der Waals surface area (Å²) in [7, 11) is 0. The molecule has 0 aromatic heterocycles. The van der Waals surface area contributed by atoms with E-state index in [1.54, 1.807) is 6.07 Å². The number of hydrogen-bond acceptors (Lipinski definition) is 2. The predicted octanol–water partition coefficient (Wildman–Crippen LogP) is 4.83. The lowest BCUT2D eigenvalue weighted by atomic mass is 9.90. The number of piperazine rings is 1. The van der Waals surface area contributed by atoms with Gasteiger partial charge in [-0.15, -0.1) is 24.8 Å². The van der Waals surface area contributed by atoms with Gasteiger partial charge in [0, 0.05) is 42.3 Å². The Balaban J connectivity index is 0.00000200. The number of nitrogens with one attached hydrogen (secondary N) is 1. The highest BCUT2D eigenvalue weighted by Gasteiger charge is 2.26. The standard InChI is InChI=1S/C15H22Cl2N2.2ClH/c1-3-11(2)15(19-6-4-18-5-7-19)12-8-13(16)10-14(17)9-12;;/h8-11,15,18H,3-7H2,1-2H3;2*1H/t11?,15-;;/m0../s1. The van der Waals surface area contributed by atoms with Gasteiger partial charge < -0.3 is 5.32 Å². The Bertz CT molecular complexity index is 402. The van der Waals surface area contributed by atoms with Gasteiger partial charge in [-0.2, -0.15) is 0 Å². The highest BCUT2D eigenvalue weighted by molar-refractivity contribution is 6.34. The molecule has 6 heteroatoms. The van der Waals surface area contributed by atoms with E-state index in [0.717, 1.165) is 42.6 Å². The molecule has 1 aromatic carbocycles. The first-order valence-electron chi connectivity index (χ1n) is 7.02. The van der Waals surface area contributed by atoms with Crippen LogP contribution in [0.1, 0.15) is 31.9 Å². The van der Waals surface area contributed by atoms with E-state index in [1.165, 1.54) is 5.56 Å². The maximum Gasteiger partial charge on any atom is 0.0424 e. The van der Waals surface area contributed by atoms with Gasteiger partial charge in [0.05, 0.1) is 0 Å². The molecule has 2 nitrogen and oxygen atoms in total. The van der Waals surface area contributed by atoms with E-state index in [-0.39, 0.29) is 24.8 Å². The zero-order valence-corrected chi connectivity index (χ0v) is 15.6. The van der Waals surface area contributed by atoms with Gasteiger partial charge in [-0.1, -0.05) is 43.5 Å². The first-order chi connectivity index (χ1) is 9.11. The normalized spacial score (nSPS) is 18.3. The molecule has 1 aliphatic heterocycles. The minimum Gasteiger partial charge on any atom is -0.314 e. The average Bonchev–Trinajstić information content (AvgIpc) is 2.39. The summed E-state index contributed by atoms with van der Waals surface area (Å²) < 4.78 is 0. The van der Waals surface area contributed by atoms with Crippen molar-refractivity contribution in [2.24, 2.45) is 5.92 Å². The van der Waals surface area contributed by atoms with Crippen LogP contribution in [-0.2, 0) is 0 Å². The van der Waals surface area contributed by atoms with Crippen LogP contribution in [0.3, 0.4) is 0 Å². The highest BCUT2D eigenvalue weighted by atomic mass is 35.5. The molecule has 0 saturated carbocycles. The Morgan fingerprint density at radius 1 is 1.10 bits per heavy atom. The second-order valence-corrected chi connectivity index (χ2v) is 6.19. The first kappa shape index (κ1) is 21.3. The smallest absolute Gasteiger partial charge is 0.0424 e. The van der Waals surface area contributed by atoms with E-state index in [9.17, 15) is 0 Å². The van der Waals surface area contributed by atoms with Crippen molar-refractivity contribution in [1.82, 2.24) is 10.2 Å². The molecule has 1 unspecified atom stereocenters. The minimum absolute atomic E-state index is 0. The van der Waals surface area contributed by atoms with Crippen LogP contribution in [0.2, 0.25) is 10.0 Å². The number of rotatable bonds is 4. The van der Waals surface area contributed by atoms with E-state index < -0.39 is 0 Å². The molecule has 1 heterocycles. The third-order valence-corrected chi connectivity index (χ3v) is 4.39. The molecule has 0 spiro atoms. The van der Waals surface area contributed by atoms with Crippen molar-refractivity contribution in [3.05, 3.63) is 33.8 Å². The topological polar surface area (TPSA) is 15.3 Å².